The minimum Gasteiger partial charge on any atom is -0.480 e. The lowest BCUT2D eigenvalue weighted by Crippen LogP contribution is -2.42. The van der Waals surface area contributed by atoms with Gasteiger partial charge in [0.05, 0.1) is 11.5 Å². The normalized spacial score (nSPS) is 18.2. The van der Waals surface area contributed by atoms with Crippen molar-refractivity contribution in [1.82, 2.24) is 9.21 Å². The Kier molecular flexibility index (Phi) is 7.34. The molecular weight excluding hydrogens is 372 g/mol. The van der Waals surface area contributed by atoms with Gasteiger partial charge in [-0.25, -0.2) is 8.42 Å². The van der Waals surface area contributed by atoms with Crippen molar-refractivity contribution < 1.29 is 27.9 Å². The van der Waals surface area contributed by atoms with E-state index in [-0.39, 0.29) is 29.7 Å². The summed E-state index contributed by atoms with van der Waals surface area (Å²) in [6.07, 6.45) is 2.61. The molecule has 1 saturated heterocycles. The van der Waals surface area contributed by atoms with E-state index in [4.69, 9.17) is 9.84 Å². The molecule has 1 amide bonds. The molecule has 8 nitrogen and oxygen atoms in total. The molecule has 9 heteroatoms. The molecule has 0 aromatic heterocycles. The number of carbonyl (C=O) groups excluding carboxylic acids is 1. The molecule has 1 aromatic rings. The highest BCUT2D eigenvalue weighted by molar-refractivity contribution is 7.89. The van der Waals surface area contributed by atoms with E-state index in [1.54, 1.807) is 0 Å². The number of nitrogens with zero attached hydrogens (tertiary/aromatic N) is 2. The summed E-state index contributed by atoms with van der Waals surface area (Å²) in [6.45, 7) is 2.14. The SMILES string of the molecule is COCCN(CC(=O)O)C(=O)c1cccc(S(=O)(=O)N2CCCCC2C)c1. The first-order valence-electron chi connectivity index (χ1n) is 8.89. The number of piperidine rings is 1. The van der Waals surface area contributed by atoms with Crippen LogP contribution in [0.5, 0.6) is 0 Å². The van der Waals surface area contributed by atoms with E-state index >= 15 is 0 Å². The van der Waals surface area contributed by atoms with Crippen LogP contribution in [0.2, 0.25) is 0 Å². The summed E-state index contributed by atoms with van der Waals surface area (Å²) in [7, 11) is -2.26. The van der Waals surface area contributed by atoms with Crippen LogP contribution in [0.4, 0.5) is 0 Å². The highest BCUT2D eigenvalue weighted by Gasteiger charge is 2.31. The Morgan fingerprint density at radius 3 is 2.70 bits per heavy atom. The van der Waals surface area contributed by atoms with Crippen LogP contribution in [0, 0.1) is 0 Å². The van der Waals surface area contributed by atoms with Crippen LogP contribution >= 0.6 is 0 Å². The fourth-order valence-electron chi connectivity index (χ4n) is 3.15. The highest BCUT2D eigenvalue weighted by atomic mass is 32.2. The monoisotopic (exact) mass is 398 g/mol. The number of amides is 1. The Hall–Kier alpha value is -1.97. The van der Waals surface area contributed by atoms with Gasteiger partial charge in [-0.05, 0) is 38.0 Å². The molecule has 1 fully saturated rings. The number of carbonyl (C=O) groups is 2. The van der Waals surface area contributed by atoms with Gasteiger partial charge in [0.15, 0.2) is 0 Å². The maximum Gasteiger partial charge on any atom is 0.323 e. The topological polar surface area (TPSA) is 104 Å². The van der Waals surface area contributed by atoms with Crippen LogP contribution in [-0.2, 0) is 19.6 Å². The van der Waals surface area contributed by atoms with Gasteiger partial charge in [0.1, 0.15) is 6.54 Å². The van der Waals surface area contributed by atoms with Crippen LogP contribution in [-0.4, -0.2) is 74.0 Å². The van der Waals surface area contributed by atoms with Gasteiger partial charge in [0.25, 0.3) is 5.91 Å². The molecule has 1 aliphatic rings. The second-order valence-electron chi connectivity index (χ2n) is 6.60. The first-order chi connectivity index (χ1) is 12.8. The molecule has 1 aromatic carbocycles. The van der Waals surface area contributed by atoms with Gasteiger partial charge in [-0.15, -0.1) is 0 Å². The molecule has 1 atom stereocenters. The van der Waals surface area contributed by atoms with E-state index < -0.39 is 28.4 Å². The zero-order valence-corrected chi connectivity index (χ0v) is 16.4. The molecule has 0 aliphatic carbocycles. The summed E-state index contributed by atoms with van der Waals surface area (Å²) < 4.78 is 32.3. The number of carboxylic acids is 1. The number of ether oxygens (including phenoxy) is 1. The van der Waals surface area contributed by atoms with Crippen LogP contribution in [0.25, 0.3) is 0 Å². The maximum atomic E-state index is 13.0. The maximum absolute atomic E-state index is 13.0. The summed E-state index contributed by atoms with van der Waals surface area (Å²) in [5.74, 6) is -1.69. The fourth-order valence-corrected chi connectivity index (χ4v) is 4.90. The van der Waals surface area contributed by atoms with Crippen LogP contribution in [0.3, 0.4) is 0 Å². The lowest BCUT2D eigenvalue weighted by atomic mass is 10.1. The first-order valence-corrected chi connectivity index (χ1v) is 10.3. The van der Waals surface area contributed by atoms with E-state index in [0.29, 0.717) is 6.54 Å². The van der Waals surface area contributed by atoms with Crippen LogP contribution < -0.4 is 0 Å². The first kappa shape index (κ1) is 21.3. The summed E-state index contributed by atoms with van der Waals surface area (Å²) in [5.41, 5.74) is 0.137. The average molecular weight is 398 g/mol. The Morgan fingerprint density at radius 2 is 2.07 bits per heavy atom. The second kappa shape index (κ2) is 9.29. The zero-order valence-electron chi connectivity index (χ0n) is 15.6. The van der Waals surface area contributed by atoms with Gasteiger partial charge >= 0.3 is 5.97 Å². The Bertz CT molecular complexity index is 780. The van der Waals surface area contributed by atoms with Gasteiger partial charge in [-0.3, -0.25) is 9.59 Å². The third kappa shape index (κ3) is 5.27. The number of aliphatic carboxylic acids is 1. The quantitative estimate of drug-likeness (QED) is 0.710. The molecule has 1 unspecified atom stereocenters. The largest absolute Gasteiger partial charge is 0.480 e. The van der Waals surface area contributed by atoms with Crippen molar-refractivity contribution in [1.29, 1.82) is 0 Å². The molecule has 1 N–H and O–H groups in total. The summed E-state index contributed by atoms with van der Waals surface area (Å²) >= 11 is 0. The number of sulfonamides is 1. The van der Waals surface area contributed by atoms with E-state index in [1.807, 2.05) is 6.92 Å². The Labute approximate surface area is 159 Å². The molecule has 27 heavy (non-hydrogen) atoms. The molecule has 1 heterocycles. The highest BCUT2D eigenvalue weighted by Crippen LogP contribution is 2.25. The molecule has 150 valence electrons. The second-order valence-corrected chi connectivity index (χ2v) is 8.49. The third-order valence-electron chi connectivity index (χ3n) is 4.61. The summed E-state index contributed by atoms with van der Waals surface area (Å²) in [4.78, 5) is 24.9. The number of rotatable bonds is 8. The number of hydrogen-bond acceptors (Lipinski definition) is 5. The molecular formula is C18H26N2O6S. The third-order valence-corrected chi connectivity index (χ3v) is 6.62. The predicted octanol–water partition coefficient (Wildman–Crippen LogP) is 1.42. The van der Waals surface area contributed by atoms with E-state index in [1.165, 1.54) is 35.7 Å². The Morgan fingerprint density at radius 1 is 1.33 bits per heavy atom. The van der Waals surface area contributed by atoms with Crippen molar-refractivity contribution in [3.8, 4) is 0 Å². The number of hydrogen-bond donors (Lipinski definition) is 1. The number of methoxy groups -OCH3 is 1. The smallest absolute Gasteiger partial charge is 0.323 e. The summed E-state index contributed by atoms with van der Waals surface area (Å²) in [5, 5.41) is 9.02. The minimum atomic E-state index is -3.71. The van der Waals surface area contributed by atoms with Gasteiger partial charge in [0.2, 0.25) is 10.0 Å². The van der Waals surface area contributed by atoms with Crippen molar-refractivity contribution in [3.05, 3.63) is 29.8 Å². The molecule has 1 aliphatic heterocycles. The van der Waals surface area contributed by atoms with E-state index in [9.17, 15) is 18.0 Å². The van der Waals surface area contributed by atoms with Gasteiger partial charge in [-0.1, -0.05) is 12.5 Å². The van der Waals surface area contributed by atoms with Crippen molar-refractivity contribution in [2.24, 2.45) is 0 Å². The molecule has 2 rings (SSSR count). The van der Waals surface area contributed by atoms with Crippen molar-refractivity contribution in [2.45, 2.75) is 37.1 Å². The van der Waals surface area contributed by atoms with Crippen LogP contribution in [0.1, 0.15) is 36.5 Å². The molecule has 0 bridgehead atoms. The predicted molar refractivity (Wildman–Crippen MR) is 99.1 cm³/mol. The van der Waals surface area contributed by atoms with Gasteiger partial charge < -0.3 is 14.7 Å². The zero-order chi connectivity index (χ0) is 20.0. The fraction of sp³-hybridized carbons (Fsp3) is 0.556. The van der Waals surface area contributed by atoms with E-state index in [2.05, 4.69) is 0 Å². The molecule has 0 spiro atoms. The minimum absolute atomic E-state index is 0.0455. The van der Waals surface area contributed by atoms with Gasteiger partial charge in [0, 0.05) is 31.8 Å². The molecule has 0 saturated carbocycles. The number of carboxylic acid groups (broad SMARTS) is 1. The van der Waals surface area contributed by atoms with Crippen molar-refractivity contribution in [2.75, 3.05) is 33.4 Å². The summed E-state index contributed by atoms with van der Waals surface area (Å²) in [6, 6.07) is 5.69. The standard InChI is InChI=1S/C18H26N2O6S/c1-14-6-3-4-9-20(14)27(24,25)16-8-5-7-15(12-16)18(23)19(10-11-26-2)13-17(21)22/h5,7-8,12,14H,3-4,6,9-11,13H2,1-2H3,(H,21,22). The van der Waals surface area contributed by atoms with Crippen molar-refractivity contribution in [3.63, 3.8) is 0 Å². The van der Waals surface area contributed by atoms with Crippen molar-refractivity contribution >= 4 is 21.9 Å². The lowest BCUT2D eigenvalue weighted by molar-refractivity contribution is -0.137. The van der Waals surface area contributed by atoms with Gasteiger partial charge in [-0.2, -0.15) is 4.31 Å². The van der Waals surface area contributed by atoms with Crippen LogP contribution in [0.15, 0.2) is 29.2 Å². The lowest BCUT2D eigenvalue weighted by Gasteiger charge is -2.32. The molecule has 0 radical (unpaired) electrons. The van der Waals surface area contributed by atoms with E-state index in [0.717, 1.165) is 24.2 Å². The number of benzene rings is 1. The Balaban J connectivity index is 2.29. The average Bonchev–Trinajstić information content (AvgIpc) is 2.64.